The van der Waals surface area contributed by atoms with E-state index in [0.29, 0.717) is 38.8 Å². The van der Waals surface area contributed by atoms with Crippen molar-refractivity contribution in [3.63, 3.8) is 0 Å². The zero-order valence-electron chi connectivity index (χ0n) is 17.7. The lowest BCUT2D eigenvalue weighted by Crippen LogP contribution is -2.16. The first-order chi connectivity index (χ1) is 14.6. The third-order valence-electron chi connectivity index (χ3n) is 5.06. The number of anilines is 1. The summed E-state index contributed by atoms with van der Waals surface area (Å²) in [7, 11) is -2.52. The number of fused-ring (bicyclic) bond motifs is 3. The maximum Gasteiger partial charge on any atom is 0.342 e. The van der Waals surface area contributed by atoms with E-state index in [2.05, 4.69) is 4.72 Å². The molecule has 31 heavy (non-hydrogen) atoms. The van der Waals surface area contributed by atoms with Crippen molar-refractivity contribution in [2.75, 3.05) is 11.8 Å². The van der Waals surface area contributed by atoms with Gasteiger partial charge in [0.15, 0.2) is 0 Å². The Morgan fingerprint density at radius 3 is 2.16 bits per heavy atom. The summed E-state index contributed by atoms with van der Waals surface area (Å²) in [6.07, 6.45) is 0. The number of carbonyl (C=O) groups excluding carboxylic acids is 1. The predicted molar refractivity (Wildman–Crippen MR) is 121 cm³/mol. The van der Waals surface area contributed by atoms with Gasteiger partial charge in [0.2, 0.25) is 0 Å². The van der Waals surface area contributed by atoms with Crippen molar-refractivity contribution in [3.8, 4) is 0 Å². The highest BCUT2D eigenvalue weighted by atomic mass is 32.2. The Bertz CT molecular complexity index is 1400. The van der Waals surface area contributed by atoms with Gasteiger partial charge in [-0.1, -0.05) is 63.2 Å². The standard InChI is InChI=1S/C24H23NO5S/c1-24(2,3)22-20(23(26)29-4)18-14-19(16-12-8-9-13-17(16)21(18)30-22)25-31(27,28)15-10-6-5-7-11-15/h5-14,25H,1-4H3. The second kappa shape index (κ2) is 7.42. The Balaban J connectivity index is 2.03. The van der Waals surface area contributed by atoms with Gasteiger partial charge >= 0.3 is 5.97 Å². The summed E-state index contributed by atoms with van der Waals surface area (Å²) < 4.78 is 39.9. The van der Waals surface area contributed by atoms with Gasteiger partial charge in [-0.2, -0.15) is 0 Å². The van der Waals surface area contributed by atoms with Crippen LogP contribution in [0, 0.1) is 0 Å². The van der Waals surface area contributed by atoms with E-state index in [1.54, 1.807) is 24.3 Å². The number of carbonyl (C=O) groups is 1. The first kappa shape index (κ1) is 20.9. The average Bonchev–Trinajstić information content (AvgIpc) is 3.14. The Morgan fingerprint density at radius 1 is 0.935 bits per heavy atom. The van der Waals surface area contributed by atoms with Crippen LogP contribution in [0.5, 0.6) is 0 Å². The Kier molecular flexibility index (Phi) is 5.01. The molecule has 6 nitrogen and oxygen atoms in total. The number of hydrogen-bond donors (Lipinski definition) is 1. The van der Waals surface area contributed by atoms with Crippen LogP contribution < -0.4 is 4.72 Å². The van der Waals surface area contributed by atoms with E-state index in [1.165, 1.54) is 19.2 Å². The van der Waals surface area contributed by atoms with Gasteiger partial charge in [0.1, 0.15) is 16.9 Å². The fourth-order valence-corrected chi connectivity index (χ4v) is 4.73. The Hall–Kier alpha value is -3.32. The number of rotatable bonds is 4. The lowest BCUT2D eigenvalue weighted by atomic mass is 9.89. The number of furan rings is 1. The van der Waals surface area contributed by atoms with Crippen LogP contribution in [0.1, 0.15) is 36.9 Å². The maximum atomic E-state index is 13.0. The van der Waals surface area contributed by atoms with Crippen molar-refractivity contribution < 1.29 is 22.4 Å². The maximum absolute atomic E-state index is 13.0. The van der Waals surface area contributed by atoms with E-state index in [1.807, 2.05) is 45.0 Å². The lowest BCUT2D eigenvalue weighted by molar-refractivity contribution is 0.0598. The molecule has 0 amide bonds. The molecular weight excluding hydrogens is 414 g/mol. The Morgan fingerprint density at radius 2 is 1.55 bits per heavy atom. The normalized spacial score (nSPS) is 12.3. The molecule has 1 aromatic heterocycles. The van der Waals surface area contributed by atoms with Crippen LogP contribution >= 0.6 is 0 Å². The summed E-state index contributed by atoms with van der Waals surface area (Å²) in [5, 5.41) is 1.87. The van der Waals surface area contributed by atoms with Crippen molar-refractivity contribution in [3.05, 3.63) is 72.0 Å². The first-order valence-corrected chi connectivity index (χ1v) is 11.3. The van der Waals surface area contributed by atoms with Gasteiger partial charge in [-0.25, -0.2) is 13.2 Å². The smallest absolute Gasteiger partial charge is 0.342 e. The second-order valence-corrected chi connectivity index (χ2v) is 10.00. The van der Waals surface area contributed by atoms with Gasteiger partial charge in [-0.3, -0.25) is 4.72 Å². The molecule has 1 heterocycles. The van der Waals surface area contributed by atoms with Crippen molar-refractivity contribution in [1.82, 2.24) is 0 Å². The van der Waals surface area contributed by atoms with Gasteiger partial charge in [-0.05, 0) is 18.2 Å². The van der Waals surface area contributed by atoms with E-state index >= 15 is 0 Å². The van der Waals surface area contributed by atoms with E-state index in [0.717, 1.165) is 0 Å². The summed E-state index contributed by atoms with van der Waals surface area (Å²) >= 11 is 0. The molecule has 4 rings (SSSR count). The largest absolute Gasteiger partial charge is 0.465 e. The molecular formula is C24H23NO5S. The molecule has 0 bridgehead atoms. The highest BCUT2D eigenvalue weighted by Gasteiger charge is 2.31. The zero-order valence-corrected chi connectivity index (χ0v) is 18.5. The minimum Gasteiger partial charge on any atom is -0.465 e. The molecule has 1 N–H and O–H groups in total. The van der Waals surface area contributed by atoms with Crippen molar-refractivity contribution >= 4 is 43.4 Å². The third kappa shape index (κ3) is 3.65. The second-order valence-electron chi connectivity index (χ2n) is 8.31. The Labute approximate surface area is 180 Å². The van der Waals surface area contributed by atoms with Crippen LogP contribution in [-0.2, 0) is 20.2 Å². The van der Waals surface area contributed by atoms with Crippen LogP contribution in [0.4, 0.5) is 5.69 Å². The zero-order chi connectivity index (χ0) is 22.4. The fourth-order valence-electron chi connectivity index (χ4n) is 3.64. The van der Waals surface area contributed by atoms with E-state index in [9.17, 15) is 13.2 Å². The molecule has 7 heteroatoms. The molecule has 0 saturated heterocycles. The van der Waals surface area contributed by atoms with Crippen molar-refractivity contribution in [1.29, 1.82) is 0 Å². The SMILES string of the molecule is COC(=O)c1c(C(C)(C)C)oc2c1cc(NS(=O)(=O)c1ccccc1)c1ccccc12. The highest BCUT2D eigenvalue weighted by molar-refractivity contribution is 7.92. The molecule has 3 aromatic carbocycles. The number of hydrogen-bond acceptors (Lipinski definition) is 5. The summed E-state index contributed by atoms with van der Waals surface area (Å²) in [6.45, 7) is 5.83. The summed E-state index contributed by atoms with van der Waals surface area (Å²) in [4.78, 5) is 12.8. The molecule has 0 aliphatic rings. The minimum absolute atomic E-state index is 0.148. The quantitative estimate of drug-likeness (QED) is 0.428. The molecule has 4 aromatic rings. The lowest BCUT2D eigenvalue weighted by Gasteiger charge is -2.16. The van der Waals surface area contributed by atoms with Crippen LogP contribution in [0.3, 0.4) is 0 Å². The first-order valence-electron chi connectivity index (χ1n) is 9.78. The fraction of sp³-hybridized carbons (Fsp3) is 0.208. The molecule has 0 saturated carbocycles. The number of nitrogens with one attached hydrogen (secondary N) is 1. The van der Waals surface area contributed by atoms with E-state index < -0.39 is 21.4 Å². The molecule has 0 unspecified atom stereocenters. The predicted octanol–water partition coefficient (Wildman–Crippen LogP) is 5.47. The van der Waals surface area contributed by atoms with Crippen LogP contribution in [-0.4, -0.2) is 21.5 Å². The van der Waals surface area contributed by atoms with E-state index in [-0.39, 0.29) is 4.90 Å². The number of benzene rings is 3. The summed E-state index contributed by atoms with van der Waals surface area (Å²) in [6, 6.07) is 17.1. The van der Waals surface area contributed by atoms with Gasteiger partial charge in [-0.15, -0.1) is 0 Å². The molecule has 160 valence electrons. The van der Waals surface area contributed by atoms with Gasteiger partial charge in [0.25, 0.3) is 10.0 Å². The number of esters is 1. The molecule has 0 atom stereocenters. The summed E-state index contributed by atoms with van der Waals surface area (Å²) in [5.41, 5.74) is 0.714. The molecule has 0 radical (unpaired) electrons. The third-order valence-corrected chi connectivity index (χ3v) is 6.45. The highest BCUT2D eigenvalue weighted by Crippen LogP contribution is 2.41. The van der Waals surface area contributed by atoms with Crippen molar-refractivity contribution in [2.45, 2.75) is 31.1 Å². The van der Waals surface area contributed by atoms with E-state index in [4.69, 9.17) is 9.15 Å². The summed E-state index contributed by atoms with van der Waals surface area (Å²) in [5.74, 6) is -0.0432. The van der Waals surface area contributed by atoms with Gasteiger partial charge in [0.05, 0.1) is 17.7 Å². The molecule has 0 aliphatic carbocycles. The molecule has 0 fully saturated rings. The topological polar surface area (TPSA) is 85.6 Å². The van der Waals surface area contributed by atoms with Crippen molar-refractivity contribution in [2.24, 2.45) is 0 Å². The van der Waals surface area contributed by atoms with Crippen LogP contribution in [0.2, 0.25) is 0 Å². The monoisotopic (exact) mass is 437 g/mol. The number of sulfonamides is 1. The number of methoxy groups -OCH3 is 1. The number of ether oxygens (including phenoxy) is 1. The minimum atomic E-state index is -3.83. The molecule has 0 spiro atoms. The van der Waals surface area contributed by atoms with Gasteiger partial charge in [0, 0.05) is 21.6 Å². The molecule has 0 aliphatic heterocycles. The van der Waals surface area contributed by atoms with Crippen LogP contribution in [0.25, 0.3) is 21.7 Å². The van der Waals surface area contributed by atoms with Gasteiger partial charge < -0.3 is 9.15 Å². The average molecular weight is 438 g/mol. The van der Waals surface area contributed by atoms with Crippen LogP contribution in [0.15, 0.2) is 70.0 Å².